The van der Waals surface area contributed by atoms with Crippen LogP contribution < -0.4 is 10.1 Å². The smallest absolute Gasteiger partial charge is 0.266 e. The summed E-state index contributed by atoms with van der Waals surface area (Å²) in [7, 11) is 0. The van der Waals surface area contributed by atoms with Crippen molar-refractivity contribution in [3.63, 3.8) is 0 Å². The number of carbonyl (C=O) groups excluding carboxylic acids is 1. The number of amides is 1. The molecule has 3 aromatic carbocycles. The molecule has 0 aliphatic heterocycles. The molecular weight excluding hydrogens is 443 g/mol. The minimum Gasteiger partial charge on any atom is -0.489 e. The van der Waals surface area contributed by atoms with Crippen molar-refractivity contribution >= 4 is 52.5 Å². The number of rotatable bonds is 6. The molecule has 1 N–H and O–H groups in total. The number of hydrogen-bond donors (Lipinski definition) is 1. The van der Waals surface area contributed by atoms with Crippen LogP contribution in [0.15, 0.2) is 72.3 Å². The van der Waals surface area contributed by atoms with E-state index in [0.29, 0.717) is 33.7 Å². The summed E-state index contributed by atoms with van der Waals surface area (Å²) >= 11 is 17.9. The third-order valence-corrected chi connectivity index (χ3v) is 5.15. The Bertz CT molecular complexity index is 1120. The Morgan fingerprint density at radius 1 is 1.00 bits per heavy atom. The summed E-state index contributed by atoms with van der Waals surface area (Å²) in [6.07, 6.45) is 1.48. The van der Waals surface area contributed by atoms with Gasteiger partial charge in [0.25, 0.3) is 5.91 Å². The van der Waals surface area contributed by atoms with Gasteiger partial charge >= 0.3 is 0 Å². The molecule has 0 saturated heterocycles. The summed E-state index contributed by atoms with van der Waals surface area (Å²) in [5.74, 6) is 0.0838. The molecule has 0 aromatic heterocycles. The van der Waals surface area contributed by atoms with Crippen molar-refractivity contribution in [1.82, 2.24) is 0 Å². The van der Waals surface area contributed by atoms with Gasteiger partial charge in [0.1, 0.15) is 24.0 Å². The third-order valence-electron chi connectivity index (χ3n) is 4.07. The predicted molar refractivity (Wildman–Crippen MR) is 121 cm³/mol. The number of ether oxygens (including phenoxy) is 1. The first kappa shape index (κ1) is 21.7. The molecule has 0 heterocycles. The van der Waals surface area contributed by atoms with Gasteiger partial charge in [-0.3, -0.25) is 4.79 Å². The monoisotopic (exact) mass is 456 g/mol. The number of anilines is 1. The van der Waals surface area contributed by atoms with E-state index < -0.39 is 5.91 Å². The average Bonchev–Trinajstić information content (AvgIpc) is 2.75. The van der Waals surface area contributed by atoms with E-state index in [4.69, 9.17) is 39.5 Å². The van der Waals surface area contributed by atoms with Crippen LogP contribution in [-0.4, -0.2) is 5.91 Å². The molecule has 4 nitrogen and oxygen atoms in total. The van der Waals surface area contributed by atoms with Gasteiger partial charge in [-0.15, -0.1) is 0 Å². The average molecular weight is 458 g/mol. The van der Waals surface area contributed by atoms with Gasteiger partial charge in [-0.2, -0.15) is 5.26 Å². The van der Waals surface area contributed by atoms with Gasteiger partial charge in [0.15, 0.2) is 0 Å². The Labute approximate surface area is 189 Å². The van der Waals surface area contributed by atoms with Crippen LogP contribution in [0, 0.1) is 11.3 Å². The number of nitrogens with one attached hydrogen (secondary N) is 1. The van der Waals surface area contributed by atoms with E-state index in [1.807, 2.05) is 18.2 Å². The second-order valence-electron chi connectivity index (χ2n) is 6.21. The summed E-state index contributed by atoms with van der Waals surface area (Å²) in [6.45, 7) is 0.401. The van der Waals surface area contributed by atoms with Crippen LogP contribution in [0.25, 0.3) is 6.08 Å². The molecule has 0 saturated carbocycles. The molecule has 0 unspecified atom stereocenters. The highest BCUT2D eigenvalue weighted by atomic mass is 35.5. The lowest BCUT2D eigenvalue weighted by Gasteiger charge is -2.08. The summed E-state index contributed by atoms with van der Waals surface area (Å²) in [5, 5.41) is 13.2. The predicted octanol–water partition coefficient (Wildman–Crippen LogP) is 6.77. The normalized spacial score (nSPS) is 10.9. The highest BCUT2D eigenvalue weighted by Gasteiger charge is 2.12. The molecule has 30 heavy (non-hydrogen) atoms. The zero-order valence-corrected chi connectivity index (χ0v) is 17.8. The van der Waals surface area contributed by atoms with Crippen LogP contribution in [0.3, 0.4) is 0 Å². The summed E-state index contributed by atoms with van der Waals surface area (Å²) in [5.41, 5.74) is 1.94. The molecule has 0 aliphatic rings. The molecule has 0 aliphatic carbocycles. The maximum absolute atomic E-state index is 12.4. The van der Waals surface area contributed by atoms with Crippen molar-refractivity contribution in [2.75, 3.05) is 5.32 Å². The number of nitrogens with zero attached hydrogens (tertiary/aromatic N) is 1. The third kappa shape index (κ3) is 5.77. The van der Waals surface area contributed by atoms with Crippen LogP contribution in [0.2, 0.25) is 15.1 Å². The van der Waals surface area contributed by atoms with E-state index in [2.05, 4.69) is 5.32 Å². The minimum absolute atomic E-state index is 0.0686. The van der Waals surface area contributed by atoms with Gasteiger partial charge in [-0.05, 0) is 53.6 Å². The first-order valence-corrected chi connectivity index (χ1v) is 9.94. The van der Waals surface area contributed by atoms with Gasteiger partial charge in [0, 0.05) is 5.02 Å². The van der Waals surface area contributed by atoms with Crippen molar-refractivity contribution in [2.24, 2.45) is 0 Å². The van der Waals surface area contributed by atoms with E-state index >= 15 is 0 Å². The largest absolute Gasteiger partial charge is 0.489 e. The minimum atomic E-state index is -0.579. The maximum Gasteiger partial charge on any atom is 0.266 e. The highest BCUT2D eigenvalue weighted by molar-refractivity contribution is 6.44. The lowest BCUT2D eigenvalue weighted by Crippen LogP contribution is -2.13. The van der Waals surface area contributed by atoms with Crippen molar-refractivity contribution in [3.05, 3.63) is 98.5 Å². The molecule has 3 aromatic rings. The number of nitriles is 1. The summed E-state index contributed by atoms with van der Waals surface area (Å²) < 4.78 is 5.73. The molecule has 7 heteroatoms. The Morgan fingerprint density at radius 2 is 1.70 bits per heavy atom. The number of carbonyl (C=O) groups is 1. The van der Waals surface area contributed by atoms with Crippen LogP contribution in [-0.2, 0) is 11.4 Å². The van der Waals surface area contributed by atoms with Crippen molar-refractivity contribution in [3.8, 4) is 11.8 Å². The summed E-state index contributed by atoms with van der Waals surface area (Å²) in [4.78, 5) is 12.4. The van der Waals surface area contributed by atoms with Gasteiger partial charge in [-0.1, -0.05) is 65.1 Å². The number of halogens is 3. The lowest BCUT2D eigenvalue weighted by molar-refractivity contribution is -0.112. The van der Waals surface area contributed by atoms with Crippen LogP contribution >= 0.6 is 34.8 Å². The van der Waals surface area contributed by atoms with E-state index in [1.165, 1.54) is 6.08 Å². The molecule has 0 spiro atoms. The van der Waals surface area contributed by atoms with E-state index in [-0.39, 0.29) is 10.6 Å². The molecule has 150 valence electrons. The van der Waals surface area contributed by atoms with Gasteiger partial charge < -0.3 is 10.1 Å². The number of hydrogen-bond acceptors (Lipinski definition) is 3. The molecule has 3 rings (SSSR count). The first-order chi connectivity index (χ1) is 14.5. The second kappa shape index (κ2) is 10.2. The van der Waals surface area contributed by atoms with Gasteiger partial charge in [0.05, 0.1) is 15.7 Å². The molecule has 0 radical (unpaired) electrons. The SMILES string of the molecule is N#C/C(=C/c1ccc(OCc2ccc(Cl)cc2)cc1)C(=O)Nc1cccc(Cl)c1Cl. The molecule has 0 bridgehead atoms. The van der Waals surface area contributed by atoms with Gasteiger partial charge in [-0.25, -0.2) is 0 Å². The van der Waals surface area contributed by atoms with E-state index in [9.17, 15) is 10.1 Å². The van der Waals surface area contributed by atoms with Crippen molar-refractivity contribution < 1.29 is 9.53 Å². The van der Waals surface area contributed by atoms with Crippen molar-refractivity contribution in [2.45, 2.75) is 6.61 Å². The summed E-state index contributed by atoms with van der Waals surface area (Å²) in [6, 6.07) is 21.2. The van der Waals surface area contributed by atoms with E-state index in [0.717, 1.165) is 5.56 Å². The Balaban J connectivity index is 1.66. The fraction of sp³-hybridized carbons (Fsp3) is 0.0435. The van der Waals surface area contributed by atoms with Crippen molar-refractivity contribution in [1.29, 1.82) is 5.26 Å². The zero-order chi connectivity index (χ0) is 21.5. The highest BCUT2D eigenvalue weighted by Crippen LogP contribution is 2.29. The molecular formula is C23H15Cl3N2O2. The molecule has 0 atom stereocenters. The van der Waals surface area contributed by atoms with E-state index in [1.54, 1.807) is 54.6 Å². The second-order valence-corrected chi connectivity index (χ2v) is 7.43. The Hall–Kier alpha value is -2.97. The standard InChI is InChI=1S/C23H15Cl3N2O2/c24-18-8-4-16(5-9-18)14-30-19-10-6-15(7-11-19)12-17(13-27)23(29)28-21-3-1-2-20(25)22(21)26/h1-12H,14H2,(H,28,29)/b17-12-. The van der Waals surface area contributed by atoms with Crippen LogP contribution in [0.4, 0.5) is 5.69 Å². The zero-order valence-electron chi connectivity index (χ0n) is 15.5. The fourth-order valence-electron chi connectivity index (χ4n) is 2.51. The quantitative estimate of drug-likeness (QED) is 0.328. The Morgan fingerprint density at radius 3 is 2.37 bits per heavy atom. The van der Waals surface area contributed by atoms with Crippen LogP contribution in [0.1, 0.15) is 11.1 Å². The fourth-order valence-corrected chi connectivity index (χ4v) is 2.99. The van der Waals surface area contributed by atoms with Crippen LogP contribution in [0.5, 0.6) is 5.75 Å². The Kier molecular flexibility index (Phi) is 7.37. The lowest BCUT2D eigenvalue weighted by atomic mass is 10.1. The number of benzene rings is 3. The molecule has 1 amide bonds. The first-order valence-electron chi connectivity index (χ1n) is 8.81. The van der Waals surface area contributed by atoms with Gasteiger partial charge in [0.2, 0.25) is 0 Å². The maximum atomic E-state index is 12.4. The molecule has 0 fully saturated rings. The topological polar surface area (TPSA) is 62.1 Å².